The lowest BCUT2D eigenvalue weighted by Gasteiger charge is -2.13. The van der Waals surface area contributed by atoms with E-state index in [0.717, 1.165) is 16.7 Å². The quantitative estimate of drug-likeness (QED) is 0.794. The van der Waals surface area contributed by atoms with Crippen LogP contribution in [0.5, 0.6) is 5.75 Å². The van der Waals surface area contributed by atoms with Crippen molar-refractivity contribution in [3.63, 3.8) is 0 Å². The molecule has 0 radical (unpaired) electrons. The normalized spacial score (nSPS) is 11.5. The zero-order valence-corrected chi connectivity index (χ0v) is 14.8. The van der Waals surface area contributed by atoms with Crippen molar-refractivity contribution in [3.8, 4) is 5.75 Å². The number of ether oxygens (including phenoxy) is 1. The Kier molecular flexibility index (Phi) is 6.57. The molecular formula is C20H24N2O3. The number of carbonyl (C=O) groups excluding carboxylic acids is 2. The summed E-state index contributed by atoms with van der Waals surface area (Å²) in [6, 6.07) is 15.4. The van der Waals surface area contributed by atoms with E-state index in [1.807, 2.05) is 69.3 Å². The Balaban J connectivity index is 1.72. The molecule has 5 nitrogen and oxygen atoms in total. The van der Waals surface area contributed by atoms with E-state index in [2.05, 4.69) is 10.9 Å². The molecule has 0 aliphatic rings. The molecule has 2 aromatic carbocycles. The number of amides is 2. The minimum atomic E-state index is -0.404. The molecule has 0 saturated carbocycles. The topological polar surface area (TPSA) is 67.4 Å². The van der Waals surface area contributed by atoms with Gasteiger partial charge in [0.1, 0.15) is 5.75 Å². The molecule has 1 unspecified atom stereocenters. The number of nitrogens with one attached hydrogen (secondary N) is 2. The Hall–Kier alpha value is -2.82. The smallest absolute Gasteiger partial charge is 0.276 e. The fourth-order valence-electron chi connectivity index (χ4n) is 2.36. The highest BCUT2D eigenvalue weighted by atomic mass is 16.5. The Bertz CT molecular complexity index is 729. The first-order valence-electron chi connectivity index (χ1n) is 8.28. The molecule has 0 aromatic heterocycles. The summed E-state index contributed by atoms with van der Waals surface area (Å²) >= 11 is 0. The van der Waals surface area contributed by atoms with Gasteiger partial charge < -0.3 is 4.74 Å². The van der Waals surface area contributed by atoms with Gasteiger partial charge in [-0.25, -0.2) is 0 Å². The van der Waals surface area contributed by atoms with Gasteiger partial charge in [0.25, 0.3) is 5.91 Å². The SMILES string of the molecule is Cc1ccc(OCC(=O)NNC(=O)CC(C)c2ccccc2)cc1C. The monoisotopic (exact) mass is 340 g/mol. The molecule has 0 aliphatic carbocycles. The van der Waals surface area contributed by atoms with E-state index in [-0.39, 0.29) is 18.4 Å². The van der Waals surface area contributed by atoms with Gasteiger partial charge in [-0.15, -0.1) is 0 Å². The highest BCUT2D eigenvalue weighted by Gasteiger charge is 2.12. The second-order valence-electron chi connectivity index (χ2n) is 6.15. The van der Waals surface area contributed by atoms with E-state index >= 15 is 0 Å². The highest BCUT2D eigenvalue weighted by Crippen LogP contribution is 2.18. The van der Waals surface area contributed by atoms with Crippen LogP contribution in [0.1, 0.15) is 36.0 Å². The summed E-state index contributed by atoms with van der Waals surface area (Å²) in [5, 5.41) is 0. The van der Waals surface area contributed by atoms with Crippen molar-refractivity contribution in [1.29, 1.82) is 0 Å². The summed E-state index contributed by atoms with van der Waals surface area (Å²) in [6.07, 6.45) is 0.294. The second kappa shape index (κ2) is 8.87. The first-order chi connectivity index (χ1) is 12.0. The highest BCUT2D eigenvalue weighted by molar-refractivity contribution is 5.83. The maximum Gasteiger partial charge on any atom is 0.276 e. The summed E-state index contributed by atoms with van der Waals surface area (Å²) in [5.41, 5.74) is 8.14. The molecule has 0 bridgehead atoms. The summed E-state index contributed by atoms with van der Waals surface area (Å²) in [5.74, 6) is 0.0574. The van der Waals surface area contributed by atoms with E-state index in [0.29, 0.717) is 12.2 Å². The molecular weight excluding hydrogens is 316 g/mol. The lowest BCUT2D eigenvalue weighted by molar-refractivity contribution is -0.130. The average molecular weight is 340 g/mol. The lowest BCUT2D eigenvalue weighted by atomic mass is 9.98. The Labute approximate surface area is 148 Å². The Morgan fingerprint density at radius 2 is 1.64 bits per heavy atom. The molecule has 0 heterocycles. The molecule has 2 N–H and O–H groups in total. The maximum atomic E-state index is 11.9. The first kappa shape index (κ1) is 18.5. The average Bonchev–Trinajstić information content (AvgIpc) is 2.61. The molecule has 2 amide bonds. The van der Waals surface area contributed by atoms with Crippen LogP contribution >= 0.6 is 0 Å². The van der Waals surface area contributed by atoms with Crippen LogP contribution in [0.2, 0.25) is 0 Å². The van der Waals surface area contributed by atoms with Gasteiger partial charge in [0.15, 0.2) is 6.61 Å². The van der Waals surface area contributed by atoms with Crippen LogP contribution in [0, 0.1) is 13.8 Å². The molecule has 0 saturated heterocycles. The van der Waals surface area contributed by atoms with Crippen LogP contribution in [0.4, 0.5) is 0 Å². The third-order valence-corrected chi connectivity index (χ3v) is 4.05. The fourth-order valence-corrected chi connectivity index (χ4v) is 2.36. The maximum absolute atomic E-state index is 11.9. The van der Waals surface area contributed by atoms with E-state index in [1.54, 1.807) is 0 Å². The first-order valence-corrected chi connectivity index (χ1v) is 8.28. The van der Waals surface area contributed by atoms with Crippen molar-refractivity contribution in [2.45, 2.75) is 33.1 Å². The van der Waals surface area contributed by atoms with E-state index in [9.17, 15) is 9.59 Å². The van der Waals surface area contributed by atoms with Crippen molar-refractivity contribution >= 4 is 11.8 Å². The van der Waals surface area contributed by atoms with Crippen molar-refractivity contribution < 1.29 is 14.3 Å². The Morgan fingerprint density at radius 3 is 2.32 bits per heavy atom. The van der Waals surface area contributed by atoms with E-state index in [1.165, 1.54) is 0 Å². The summed E-state index contributed by atoms with van der Waals surface area (Å²) in [6.45, 7) is 5.81. The third kappa shape index (κ3) is 5.95. The van der Waals surface area contributed by atoms with Crippen LogP contribution < -0.4 is 15.6 Å². The van der Waals surface area contributed by atoms with Gasteiger partial charge >= 0.3 is 0 Å². The van der Waals surface area contributed by atoms with Crippen LogP contribution in [-0.4, -0.2) is 18.4 Å². The predicted molar refractivity (Wildman–Crippen MR) is 97.2 cm³/mol. The molecule has 132 valence electrons. The number of hydrogen-bond acceptors (Lipinski definition) is 3. The molecule has 0 fully saturated rings. The standard InChI is InChI=1S/C20H24N2O3/c1-14-9-10-18(11-15(14)2)25-13-20(24)22-21-19(23)12-16(3)17-7-5-4-6-8-17/h4-11,16H,12-13H2,1-3H3,(H,21,23)(H,22,24). The van der Waals surface area contributed by atoms with Gasteiger partial charge in [-0.1, -0.05) is 43.3 Å². The van der Waals surface area contributed by atoms with Gasteiger partial charge in [-0.3, -0.25) is 20.4 Å². The number of carbonyl (C=O) groups is 2. The number of aryl methyl sites for hydroxylation is 2. The minimum Gasteiger partial charge on any atom is -0.484 e. The number of hydrogen-bond donors (Lipinski definition) is 2. The number of hydrazine groups is 1. The van der Waals surface area contributed by atoms with Crippen LogP contribution in [0.3, 0.4) is 0 Å². The zero-order valence-electron chi connectivity index (χ0n) is 14.8. The lowest BCUT2D eigenvalue weighted by Crippen LogP contribution is -2.44. The number of benzene rings is 2. The molecule has 2 rings (SSSR count). The van der Waals surface area contributed by atoms with E-state index < -0.39 is 5.91 Å². The third-order valence-electron chi connectivity index (χ3n) is 4.05. The molecule has 0 spiro atoms. The largest absolute Gasteiger partial charge is 0.484 e. The zero-order chi connectivity index (χ0) is 18.2. The molecule has 5 heteroatoms. The molecule has 1 atom stereocenters. The van der Waals surface area contributed by atoms with Gasteiger partial charge in [0.05, 0.1) is 0 Å². The second-order valence-corrected chi connectivity index (χ2v) is 6.15. The molecule has 2 aromatic rings. The van der Waals surface area contributed by atoms with Crippen molar-refractivity contribution in [2.24, 2.45) is 0 Å². The van der Waals surface area contributed by atoms with Crippen LogP contribution in [0.25, 0.3) is 0 Å². The molecule has 0 aliphatic heterocycles. The van der Waals surface area contributed by atoms with Crippen molar-refractivity contribution in [3.05, 3.63) is 65.2 Å². The van der Waals surface area contributed by atoms with Crippen molar-refractivity contribution in [1.82, 2.24) is 10.9 Å². The number of rotatable bonds is 6. The van der Waals surface area contributed by atoms with Crippen LogP contribution in [0.15, 0.2) is 48.5 Å². The van der Waals surface area contributed by atoms with E-state index in [4.69, 9.17) is 4.74 Å². The Morgan fingerprint density at radius 1 is 0.960 bits per heavy atom. The summed E-state index contributed by atoms with van der Waals surface area (Å²) in [4.78, 5) is 23.7. The predicted octanol–water partition coefficient (Wildman–Crippen LogP) is 3.02. The fraction of sp³-hybridized carbons (Fsp3) is 0.300. The van der Waals surface area contributed by atoms with Gasteiger partial charge in [0, 0.05) is 6.42 Å². The van der Waals surface area contributed by atoms with Crippen molar-refractivity contribution in [2.75, 3.05) is 6.61 Å². The van der Waals surface area contributed by atoms with Gasteiger partial charge in [-0.2, -0.15) is 0 Å². The van der Waals surface area contributed by atoms with Gasteiger partial charge in [-0.05, 0) is 48.6 Å². The molecule has 25 heavy (non-hydrogen) atoms. The summed E-state index contributed by atoms with van der Waals surface area (Å²) < 4.78 is 5.42. The van der Waals surface area contributed by atoms with Gasteiger partial charge in [0.2, 0.25) is 5.91 Å². The summed E-state index contributed by atoms with van der Waals surface area (Å²) in [7, 11) is 0. The minimum absolute atomic E-state index is 0.0740. The van der Waals surface area contributed by atoms with Crippen LogP contribution in [-0.2, 0) is 9.59 Å².